The minimum Gasteiger partial charge on any atom is -0.349 e. The lowest BCUT2D eigenvalue weighted by atomic mass is 10.2. The van der Waals surface area contributed by atoms with E-state index in [2.05, 4.69) is 56.7 Å². The smallest absolute Gasteiger partial charge is 0.243 e. The van der Waals surface area contributed by atoms with Gasteiger partial charge in [0.2, 0.25) is 5.95 Å². The molecule has 0 radical (unpaired) electrons. The van der Waals surface area contributed by atoms with Crippen molar-refractivity contribution in [1.82, 2.24) is 24.8 Å². The SMILES string of the molecule is CCCCn1nnnc1NCc1cn(Cc2ccc(Cl)cc2Cl)c2ccccc12. The molecule has 0 saturated heterocycles. The first-order valence-electron chi connectivity index (χ1n) is 9.66. The van der Waals surface area contributed by atoms with E-state index in [9.17, 15) is 0 Å². The van der Waals surface area contributed by atoms with Gasteiger partial charge in [0.25, 0.3) is 0 Å². The number of tetrazole rings is 1. The molecule has 6 nitrogen and oxygen atoms in total. The van der Waals surface area contributed by atoms with Crippen molar-refractivity contribution in [3.8, 4) is 0 Å². The van der Waals surface area contributed by atoms with E-state index in [1.807, 2.05) is 22.9 Å². The summed E-state index contributed by atoms with van der Waals surface area (Å²) in [5.74, 6) is 0.691. The van der Waals surface area contributed by atoms with Crippen LogP contribution >= 0.6 is 23.2 Å². The molecule has 150 valence electrons. The highest BCUT2D eigenvalue weighted by Crippen LogP contribution is 2.26. The van der Waals surface area contributed by atoms with Crippen LogP contribution in [-0.2, 0) is 19.6 Å². The molecule has 0 amide bonds. The molecule has 0 atom stereocenters. The summed E-state index contributed by atoms with van der Waals surface area (Å²) >= 11 is 12.4. The van der Waals surface area contributed by atoms with E-state index in [1.54, 1.807) is 6.07 Å². The van der Waals surface area contributed by atoms with Gasteiger partial charge in [-0.15, -0.1) is 0 Å². The van der Waals surface area contributed by atoms with Crippen LogP contribution in [0.2, 0.25) is 10.0 Å². The van der Waals surface area contributed by atoms with E-state index < -0.39 is 0 Å². The minimum absolute atomic E-state index is 0.633. The van der Waals surface area contributed by atoms with E-state index in [4.69, 9.17) is 23.2 Å². The fourth-order valence-electron chi connectivity index (χ4n) is 3.39. The predicted molar refractivity (Wildman–Crippen MR) is 118 cm³/mol. The highest BCUT2D eigenvalue weighted by atomic mass is 35.5. The number of anilines is 1. The monoisotopic (exact) mass is 428 g/mol. The fourth-order valence-corrected chi connectivity index (χ4v) is 3.86. The maximum atomic E-state index is 6.39. The van der Waals surface area contributed by atoms with Gasteiger partial charge in [0.15, 0.2) is 0 Å². The van der Waals surface area contributed by atoms with Crippen LogP contribution in [0.25, 0.3) is 10.9 Å². The lowest BCUT2D eigenvalue weighted by Crippen LogP contribution is -2.09. The molecule has 0 aliphatic heterocycles. The van der Waals surface area contributed by atoms with Crippen molar-refractivity contribution in [2.75, 3.05) is 5.32 Å². The number of hydrogen-bond donors (Lipinski definition) is 1. The molecule has 0 spiro atoms. The summed E-state index contributed by atoms with van der Waals surface area (Å²) in [5, 5.41) is 17.9. The van der Waals surface area contributed by atoms with Crippen molar-refractivity contribution in [3.05, 3.63) is 69.8 Å². The van der Waals surface area contributed by atoms with E-state index >= 15 is 0 Å². The zero-order chi connectivity index (χ0) is 20.2. The van der Waals surface area contributed by atoms with Gasteiger partial charge >= 0.3 is 0 Å². The Kier molecular flexibility index (Phi) is 6.02. The summed E-state index contributed by atoms with van der Waals surface area (Å²) in [4.78, 5) is 0. The fraction of sp³-hybridized carbons (Fsp3) is 0.286. The highest BCUT2D eigenvalue weighted by molar-refractivity contribution is 6.35. The van der Waals surface area contributed by atoms with Gasteiger partial charge in [0, 0.05) is 46.8 Å². The van der Waals surface area contributed by atoms with Crippen molar-refractivity contribution in [2.45, 2.75) is 39.4 Å². The molecule has 2 aromatic carbocycles. The third-order valence-electron chi connectivity index (χ3n) is 4.92. The van der Waals surface area contributed by atoms with Crippen LogP contribution in [-0.4, -0.2) is 24.8 Å². The molecule has 0 bridgehead atoms. The van der Waals surface area contributed by atoms with E-state index in [-0.39, 0.29) is 0 Å². The van der Waals surface area contributed by atoms with Crippen LogP contribution in [0.1, 0.15) is 30.9 Å². The van der Waals surface area contributed by atoms with Crippen LogP contribution < -0.4 is 5.32 Å². The zero-order valence-electron chi connectivity index (χ0n) is 16.1. The summed E-state index contributed by atoms with van der Waals surface area (Å²) in [6.07, 6.45) is 4.30. The van der Waals surface area contributed by atoms with Gasteiger partial charge in [-0.25, -0.2) is 4.68 Å². The summed E-state index contributed by atoms with van der Waals surface area (Å²) in [6.45, 7) is 4.26. The molecule has 29 heavy (non-hydrogen) atoms. The number of nitrogens with one attached hydrogen (secondary N) is 1. The Balaban J connectivity index is 1.58. The summed E-state index contributed by atoms with van der Waals surface area (Å²) in [6, 6.07) is 14.0. The number of rotatable bonds is 8. The first kappa shape index (κ1) is 19.7. The first-order chi connectivity index (χ1) is 14.2. The molecular weight excluding hydrogens is 407 g/mol. The standard InChI is InChI=1S/C21H22Cl2N6/c1-2-3-10-29-21(25-26-27-29)24-12-16-14-28(20-7-5-4-6-18(16)20)13-15-8-9-17(22)11-19(15)23/h4-9,11,14H,2-3,10,12-13H2,1H3,(H,24,25,27). The number of aryl methyl sites for hydroxylation is 1. The quantitative estimate of drug-likeness (QED) is 0.408. The zero-order valence-corrected chi connectivity index (χ0v) is 17.7. The molecule has 8 heteroatoms. The van der Waals surface area contributed by atoms with Crippen LogP contribution in [0.5, 0.6) is 0 Å². The van der Waals surface area contributed by atoms with Gasteiger partial charge < -0.3 is 9.88 Å². The van der Waals surface area contributed by atoms with Crippen LogP contribution in [0.15, 0.2) is 48.7 Å². The average Bonchev–Trinajstić information content (AvgIpc) is 3.31. The molecule has 4 aromatic rings. The lowest BCUT2D eigenvalue weighted by Gasteiger charge is -2.08. The highest BCUT2D eigenvalue weighted by Gasteiger charge is 2.12. The largest absolute Gasteiger partial charge is 0.349 e. The van der Waals surface area contributed by atoms with E-state index in [0.717, 1.165) is 30.5 Å². The number of nitrogens with zero attached hydrogens (tertiary/aromatic N) is 5. The van der Waals surface area contributed by atoms with Crippen LogP contribution in [0.3, 0.4) is 0 Å². The molecule has 0 saturated carbocycles. The van der Waals surface area contributed by atoms with Crippen LogP contribution in [0, 0.1) is 0 Å². The number of para-hydroxylation sites is 1. The normalized spacial score (nSPS) is 11.3. The lowest BCUT2D eigenvalue weighted by molar-refractivity contribution is 0.556. The Hall–Kier alpha value is -2.57. The summed E-state index contributed by atoms with van der Waals surface area (Å²) < 4.78 is 4.03. The first-order valence-corrected chi connectivity index (χ1v) is 10.4. The Morgan fingerprint density at radius 3 is 2.76 bits per heavy atom. The molecular formula is C21H22Cl2N6. The van der Waals surface area contributed by atoms with Crippen molar-refractivity contribution in [2.24, 2.45) is 0 Å². The average molecular weight is 429 g/mol. The second-order valence-electron chi connectivity index (χ2n) is 6.97. The second kappa shape index (κ2) is 8.84. The van der Waals surface area contributed by atoms with Gasteiger partial charge in [-0.05, 0) is 46.2 Å². The van der Waals surface area contributed by atoms with Gasteiger partial charge in [-0.1, -0.05) is 65.9 Å². The second-order valence-corrected chi connectivity index (χ2v) is 7.81. The summed E-state index contributed by atoms with van der Waals surface area (Å²) in [7, 11) is 0. The molecule has 0 fully saturated rings. The third kappa shape index (κ3) is 4.38. The number of unbranched alkanes of at least 4 members (excludes halogenated alkanes) is 1. The molecule has 4 rings (SSSR count). The topological polar surface area (TPSA) is 60.6 Å². The van der Waals surface area contributed by atoms with Gasteiger partial charge in [0.05, 0.1) is 0 Å². The molecule has 2 aromatic heterocycles. The van der Waals surface area contributed by atoms with Gasteiger partial charge in [-0.2, -0.15) is 0 Å². The van der Waals surface area contributed by atoms with E-state index in [1.165, 1.54) is 10.9 Å². The van der Waals surface area contributed by atoms with Crippen molar-refractivity contribution >= 4 is 40.1 Å². The Morgan fingerprint density at radius 2 is 1.93 bits per heavy atom. The molecule has 1 N–H and O–H groups in total. The number of fused-ring (bicyclic) bond motifs is 1. The molecule has 0 aliphatic rings. The molecule has 2 heterocycles. The molecule has 0 aliphatic carbocycles. The van der Waals surface area contributed by atoms with E-state index in [0.29, 0.717) is 29.1 Å². The van der Waals surface area contributed by atoms with Crippen molar-refractivity contribution in [1.29, 1.82) is 0 Å². The van der Waals surface area contributed by atoms with Gasteiger partial charge in [-0.3, -0.25) is 0 Å². The van der Waals surface area contributed by atoms with Gasteiger partial charge in [0.1, 0.15) is 0 Å². The Bertz CT molecular complexity index is 1120. The number of benzene rings is 2. The Morgan fingerprint density at radius 1 is 1.07 bits per heavy atom. The maximum absolute atomic E-state index is 6.39. The number of aromatic nitrogens is 5. The number of hydrogen-bond acceptors (Lipinski definition) is 4. The van der Waals surface area contributed by atoms with Crippen molar-refractivity contribution < 1.29 is 0 Å². The third-order valence-corrected chi connectivity index (χ3v) is 5.51. The maximum Gasteiger partial charge on any atom is 0.243 e. The van der Waals surface area contributed by atoms with Crippen molar-refractivity contribution in [3.63, 3.8) is 0 Å². The Labute approximate surface area is 179 Å². The number of halogens is 2. The molecule has 0 unspecified atom stereocenters. The minimum atomic E-state index is 0.633. The van der Waals surface area contributed by atoms with Crippen LogP contribution in [0.4, 0.5) is 5.95 Å². The predicted octanol–water partition coefficient (Wildman–Crippen LogP) is 5.40. The summed E-state index contributed by atoms with van der Waals surface area (Å²) in [5.41, 5.74) is 3.36.